The van der Waals surface area contributed by atoms with E-state index in [9.17, 15) is 8.42 Å². The molecule has 5 heteroatoms. The Balaban J connectivity index is 2.39. The normalized spacial score (nSPS) is 15.8. The van der Waals surface area contributed by atoms with Crippen LogP contribution in [-0.4, -0.2) is 20.7 Å². The lowest BCUT2D eigenvalue weighted by Crippen LogP contribution is -2.38. The molecule has 0 saturated heterocycles. The monoisotopic (exact) mass is 268 g/mol. The van der Waals surface area contributed by atoms with E-state index in [4.69, 9.17) is 5.73 Å². The summed E-state index contributed by atoms with van der Waals surface area (Å²) in [6.07, 6.45) is 1.75. The molecule has 0 amide bonds. The summed E-state index contributed by atoms with van der Waals surface area (Å²) in [6.45, 7) is 4.42. The second-order valence-corrected chi connectivity index (χ2v) is 7.17. The Hall–Kier alpha value is -1.23. The minimum atomic E-state index is -3.22. The van der Waals surface area contributed by atoms with Crippen LogP contribution in [0.4, 0.5) is 11.4 Å². The van der Waals surface area contributed by atoms with Crippen molar-refractivity contribution in [1.29, 1.82) is 0 Å². The first kappa shape index (κ1) is 13.2. The molecule has 0 aromatic heterocycles. The minimum absolute atomic E-state index is 0.133. The molecule has 1 aliphatic rings. The smallest absolute Gasteiger partial charge is 0.235 e. The first-order chi connectivity index (χ1) is 8.40. The fourth-order valence-corrected chi connectivity index (χ4v) is 4.29. The van der Waals surface area contributed by atoms with E-state index >= 15 is 0 Å². The Labute approximate surface area is 109 Å². The Morgan fingerprint density at radius 2 is 2.11 bits per heavy atom. The fraction of sp³-hybridized carbons (Fsp3) is 0.538. The quantitative estimate of drug-likeness (QED) is 0.853. The van der Waals surface area contributed by atoms with E-state index in [1.54, 1.807) is 10.4 Å². The van der Waals surface area contributed by atoms with Crippen molar-refractivity contribution in [3.05, 3.63) is 23.8 Å². The molecule has 4 nitrogen and oxygen atoms in total. The van der Waals surface area contributed by atoms with Crippen molar-refractivity contribution in [1.82, 2.24) is 0 Å². The highest BCUT2D eigenvalue weighted by molar-refractivity contribution is 7.92. The molecule has 0 fully saturated rings. The Kier molecular flexibility index (Phi) is 3.52. The highest BCUT2D eigenvalue weighted by Gasteiger charge is 2.27. The van der Waals surface area contributed by atoms with Crippen LogP contribution in [0.2, 0.25) is 0 Å². The largest absolute Gasteiger partial charge is 0.399 e. The van der Waals surface area contributed by atoms with Gasteiger partial charge in [-0.1, -0.05) is 13.8 Å². The number of hydrogen-bond acceptors (Lipinski definition) is 3. The molecule has 0 bridgehead atoms. The zero-order valence-electron chi connectivity index (χ0n) is 10.9. The van der Waals surface area contributed by atoms with Crippen molar-refractivity contribution in [2.45, 2.75) is 26.7 Å². The summed E-state index contributed by atoms with van der Waals surface area (Å²) < 4.78 is 26.2. The molecule has 0 unspecified atom stereocenters. The van der Waals surface area contributed by atoms with Crippen molar-refractivity contribution in [2.24, 2.45) is 5.92 Å². The lowest BCUT2D eigenvalue weighted by Gasteiger charge is -2.31. The van der Waals surface area contributed by atoms with E-state index in [0.29, 0.717) is 12.2 Å². The standard InChI is InChI=1S/C13H20N2O2S/c1-10(2)9-18(16,17)15-7-3-4-11-8-12(14)5-6-13(11)15/h5-6,8,10H,3-4,7,9,14H2,1-2H3. The van der Waals surface area contributed by atoms with Gasteiger partial charge in [-0.3, -0.25) is 4.31 Å². The predicted molar refractivity (Wildman–Crippen MR) is 75.1 cm³/mol. The molecule has 18 heavy (non-hydrogen) atoms. The van der Waals surface area contributed by atoms with Crippen molar-refractivity contribution >= 4 is 21.4 Å². The van der Waals surface area contributed by atoms with Gasteiger partial charge in [-0.15, -0.1) is 0 Å². The van der Waals surface area contributed by atoms with E-state index in [1.807, 2.05) is 26.0 Å². The summed E-state index contributed by atoms with van der Waals surface area (Å²) in [5.74, 6) is 0.325. The van der Waals surface area contributed by atoms with Gasteiger partial charge in [0.2, 0.25) is 10.0 Å². The average Bonchev–Trinajstić information content (AvgIpc) is 2.26. The van der Waals surface area contributed by atoms with Crippen LogP contribution in [0.5, 0.6) is 0 Å². The summed E-state index contributed by atoms with van der Waals surface area (Å²) in [4.78, 5) is 0. The van der Waals surface area contributed by atoms with Crippen LogP contribution in [-0.2, 0) is 16.4 Å². The SMILES string of the molecule is CC(C)CS(=O)(=O)N1CCCc2cc(N)ccc21. The topological polar surface area (TPSA) is 63.4 Å². The molecule has 0 aliphatic carbocycles. The third-order valence-corrected chi connectivity index (χ3v) is 5.20. The van der Waals surface area contributed by atoms with Crippen LogP contribution in [0, 0.1) is 5.92 Å². The summed E-state index contributed by atoms with van der Waals surface area (Å²) in [5.41, 5.74) is 8.28. The molecule has 0 spiro atoms. The van der Waals surface area contributed by atoms with Crippen molar-refractivity contribution < 1.29 is 8.42 Å². The molecule has 1 aliphatic heterocycles. The lowest BCUT2D eigenvalue weighted by molar-refractivity contribution is 0.573. The number of nitrogens with two attached hydrogens (primary N) is 1. The van der Waals surface area contributed by atoms with Crippen LogP contribution in [0.15, 0.2) is 18.2 Å². The first-order valence-corrected chi connectivity index (χ1v) is 7.90. The van der Waals surface area contributed by atoms with Crippen molar-refractivity contribution in [3.8, 4) is 0 Å². The molecule has 1 heterocycles. The van der Waals surface area contributed by atoms with E-state index in [1.165, 1.54) is 0 Å². The summed E-state index contributed by atoms with van der Waals surface area (Å²) in [6, 6.07) is 5.47. The predicted octanol–water partition coefficient (Wildman–Crippen LogP) is 2.01. The second kappa shape index (κ2) is 4.80. The molecule has 0 atom stereocenters. The van der Waals surface area contributed by atoms with Crippen molar-refractivity contribution in [3.63, 3.8) is 0 Å². The van der Waals surface area contributed by atoms with Crippen LogP contribution < -0.4 is 10.0 Å². The minimum Gasteiger partial charge on any atom is -0.399 e. The first-order valence-electron chi connectivity index (χ1n) is 6.29. The zero-order chi connectivity index (χ0) is 13.3. The van der Waals surface area contributed by atoms with Gasteiger partial charge < -0.3 is 5.73 Å². The molecule has 2 N–H and O–H groups in total. The summed E-state index contributed by atoms with van der Waals surface area (Å²) in [7, 11) is -3.22. The number of rotatable bonds is 3. The number of aryl methyl sites for hydroxylation is 1. The molecular weight excluding hydrogens is 248 g/mol. The van der Waals surface area contributed by atoms with Crippen LogP contribution in [0.1, 0.15) is 25.8 Å². The van der Waals surface area contributed by atoms with Crippen LogP contribution in [0.3, 0.4) is 0 Å². The summed E-state index contributed by atoms with van der Waals surface area (Å²) in [5, 5.41) is 0. The van der Waals surface area contributed by atoms with Gasteiger partial charge in [0, 0.05) is 12.2 Å². The highest BCUT2D eigenvalue weighted by Crippen LogP contribution is 2.31. The van der Waals surface area contributed by atoms with Crippen LogP contribution >= 0.6 is 0 Å². The fourth-order valence-electron chi connectivity index (χ4n) is 2.38. The molecule has 0 saturated carbocycles. The van der Waals surface area contributed by atoms with E-state index < -0.39 is 10.0 Å². The Bertz CT molecular complexity index is 538. The van der Waals surface area contributed by atoms with Gasteiger partial charge in [0.05, 0.1) is 11.4 Å². The second-order valence-electron chi connectivity index (χ2n) is 5.24. The number of anilines is 2. The van der Waals surface area contributed by atoms with Gasteiger partial charge in [0.15, 0.2) is 0 Å². The maximum Gasteiger partial charge on any atom is 0.235 e. The highest BCUT2D eigenvalue weighted by atomic mass is 32.2. The van der Waals surface area contributed by atoms with E-state index in [2.05, 4.69) is 0 Å². The number of nitrogen functional groups attached to an aromatic ring is 1. The third kappa shape index (κ3) is 2.61. The van der Waals surface area contributed by atoms with Gasteiger partial charge in [-0.05, 0) is 42.5 Å². The molecule has 1 aromatic carbocycles. The summed E-state index contributed by atoms with van der Waals surface area (Å²) >= 11 is 0. The average molecular weight is 268 g/mol. The van der Waals surface area contributed by atoms with Gasteiger partial charge in [0.1, 0.15) is 0 Å². The van der Waals surface area contributed by atoms with Crippen molar-refractivity contribution in [2.75, 3.05) is 22.3 Å². The number of hydrogen-bond donors (Lipinski definition) is 1. The van der Waals surface area contributed by atoms with Crippen LogP contribution in [0.25, 0.3) is 0 Å². The third-order valence-electron chi connectivity index (χ3n) is 3.06. The number of fused-ring (bicyclic) bond motifs is 1. The molecule has 0 radical (unpaired) electrons. The maximum atomic E-state index is 12.3. The number of sulfonamides is 1. The molecule has 1 aromatic rings. The zero-order valence-corrected chi connectivity index (χ0v) is 11.7. The Morgan fingerprint density at radius 3 is 2.78 bits per heavy atom. The molecule has 100 valence electrons. The molecule has 2 rings (SSSR count). The van der Waals surface area contributed by atoms with E-state index in [-0.39, 0.29) is 11.7 Å². The van der Waals surface area contributed by atoms with E-state index in [0.717, 1.165) is 24.1 Å². The lowest BCUT2D eigenvalue weighted by atomic mass is 10.0. The van der Waals surface area contributed by atoms with Gasteiger partial charge in [-0.25, -0.2) is 8.42 Å². The molecular formula is C13H20N2O2S. The van der Waals surface area contributed by atoms with Gasteiger partial charge >= 0.3 is 0 Å². The number of benzene rings is 1. The maximum absolute atomic E-state index is 12.3. The van der Waals surface area contributed by atoms with Gasteiger partial charge in [0.25, 0.3) is 0 Å². The number of nitrogens with zero attached hydrogens (tertiary/aromatic N) is 1. The van der Waals surface area contributed by atoms with Gasteiger partial charge in [-0.2, -0.15) is 0 Å². The Morgan fingerprint density at radius 1 is 1.39 bits per heavy atom.